The summed E-state index contributed by atoms with van der Waals surface area (Å²) in [5, 5.41) is 9.43. The van der Waals surface area contributed by atoms with Crippen molar-refractivity contribution in [1.82, 2.24) is 4.90 Å². The molecule has 5 aliphatic rings. The van der Waals surface area contributed by atoms with Crippen molar-refractivity contribution in [3.63, 3.8) is 0 Å². The molecule has 5 rings (SSSR count). The molecule has 0 aromatic rings. The Hall–Kier alpha value is -0.710. The third-order valence-corrected chi connectivity index (χ3v) is 7.45. The average Bonchev–Trinajstić information content (AvgIpc) is 2.78. The van der Waals surface area contributed by atoms with Crippen molar-refractivity contribution in [2.75, 3.05) is 5.75 Å². The van der Waals surface area contributed by atoms with Crippen LogP contribution < -0.4 is 0 Å². The largest absolute Gasteiger partial charge is 0.480 e. The smallest absolute Gasteiger partial charge is 0.327 e. The number of hydrogen-bond donors (Lipinski definition) is 1. The van der Waals surface area contributed by atoms with Gasteiger partial charge in [-0.3, -0.25) is 4.79 Å². The Morgan fingerprint density at radius 3 is 2.10 bits per heavy atom. The van der Waals surface area contributed by atoms with Crippen LogP contribution in [0.15, 0.2) is 0 Å². The summed E-state index contributed by atoms with van der Waals surface area (Å²) in [6, 6.07) is -0.620. The van der Waals surface area contributed by atoms with Crippen LogP contribution in [-0.2, 0) is 9.59 Å². The van der Waals surface area contributed by atoms with Gasteiger partial charge in [0.05, 0.1) is 10.8 Å². The molecule has 116 valence electrons. The fourth-order valence-corrected chi connectivity index (χ4v) is 6.96. The van der Waals surface area contributed by atoms with Gasteiger partial charge in [0.2, 0.25) is 5.91 Å². The molecule has 0 aromatic heterocycles. The fraction of sp³-hybridized carbons (Fsp3) is 0.875. The summed E-state index contributed by atoms with van der Waals surface area (Å²) in [7, 11) is 0. The summed E-state index contributed by atoms with van der Waals surface area (Å²) in [6.45, 7) is 1.98. The van der Waals surface area contributed by atoms with Gasteiger partial charge in [-0.05, 0) is 63.2 Å². The molecule has 1 amide bonds. The van der Waals surface area contributed by atoms with Crippen molar-refractivity contribution < 1.29 is 14.7 Å². The van der Waals surface area contributed by atoms with E-state index in [-0.39, 0.29) is 16.7 Å². The van der Waals surface area contributed by atoms with Gasteiger partial charge in [-0.1, -0.05) is 0 Å². The first-order valence-corrected chi connectivity index (χ1v) is 9.20. The SMILES string of the molecule is CC1SCC(C(=O)O)N1C(=O)C12CC3CC(CC(C3)C1)C2. The van der Waals surface area contributed by atoms with Gasteiger partial charge in [-0.25, -0.2) is 4.79 Å². The summed E-state index contributed by atoms with van der Waals surface area (Å²) in [6.07, 6.45) is 6.95. The minimum atomic E-state index is -0.843. The van der Waals surface area contributed by atoms with Crippen molar-refractivity contribution in [1.29, 1.82) is 0 Å². The van der Waals surface area contributed by atoms with E-state index >= 15 is 0 Å². The summed E-state index contributed by atoms with van der Waals surface area (Å²) in [4.78, 5) is 26.5. The molecule has 21 heavy (non-hydrogen) atoms. The Morgan fingerprint density at radius 1 is 1.10 bits per heavy atom. The van der Waals surface area contributed by atoms with Gasteiger partial charge in [0.15, 0.2) is 0 Å². The van der Waals surface area contributed by atoms with Gasteiger partial charge in [0.1, 0.15) is 6.04 Å². The molecule has 4 nitrogen and oxygen atoms in total. The van der Waals surface area contributed by atoms with E-state index < -0.39 is 12.0 Å². The molecule has 2 atom stereocenters. The summed E-state index contributed by atoms with van der Waals surface area (Å²) in [5.41, 5.74) is -0.221. The van der Waals surface area contributed by atoms with Crippen LogP contribution in [-0.4, -0.2) is 39.1 Å². The Kier molecular flexibility index (Phi) is 3.08. The van der Waals surface area contributed by atoms with Crippen LogP contribution in [0.1, 0.15) is 45.4 Å². The first kappa shape index (κ1) is 13.9. The highest BCUT2D eigenvalue weighted by Gasteiger charge is 2.57. The number of nitrogens with zero attached hydrogens (tertiary/aromatic N) is 1. The van der Waals surface area contributed by atoms with Crippen LogP contribution in [0, 0.1) is 23.2 Å². The van der Waals surface area contributed by atoms with E-state index in [4.69, 9.17) is 0 Å². The summed E-state index contributed by atoms with van der Waals surface area (Å²) >= 11 is 1.60. The lowest BCUT2D eigenvalue weighted by molar-refractivity contribution is -0.164. The third-order valence-electron chi connectivity index (χ3n) is 6.23. The van der Waals surface area contributed by atoms with Gasteiger partial charge in [-0.15, -0.1) is 11.8 Å². The van der Waals surface area contributed by atoms with E-state index in [0.717, 1.165) is 19.3 Å². The maximum atomic E-state index is 13.3. The minimum Gasteiger partial charge on any atom is -0.480 e. The van der Waals surface area contributed by atoms with Crippen LogP contribution in [0.2, 0.25) is 0 Å². The lowest BCUT2D eigenvalue weighted by Gasteiger charge is -2.56. The number of carbonyl (C=O) groups is 2. The average molecular weight is 309 g/mol. The quantitative estimate of drug-likeness (QED) is 0.852. The zero-order valence-electron chi connectivity index (χ0n) is 12.5. The Labute approximate surface area is 129 Å². The molecule has 0 aromatic carbocycles. The molecule has 1 N–H and O–H groups in total. The standard InChI is InChI=1S/C16H23NO3S/c1-9-17(13(8-21-9)14(18)19)15(20)16-5-10-2-11(6-16)4-12(3-10)7-16/h9-13H,2-8H2,1H3,(H,18,19). The second kappa shape index (κ2) is 4.64. The topological polar surface area (TPSA) is 57.6 Å². The molecular formula is C16H23NO3S. The van der Waals surface area contributed by atoms with Crippen molar-refractivity contribution in [2.45, 2.75) is 56.9 Å². The third kappa shape index (κ3) is 2.03. The van der Waals surface area contributed by atoms with Gasteiger partial charge >= 0.3 is 5.97 Å². The zero-order chi connectivity index (χ0) is 14.8. The van der Waals surface area contributed by atoms with Crippen molar-refractivity contribution in [3.05, 3.63) is 0 Å². The highest BCUT2D eigenvalue weighted by Crippen LogP contribution is 2.61. The lowest BCUT2D eigenvalue weighted by atomic mass is 9.49. The van der Waals surface area contributed by atoms with Crippen LogP contribution in [0.3, 0.4) is 0 Å². The molecule has 1 heterocycles. The maximum Gasteiger partial charge on any atom is 0.327 e. The normalized spacial score (nSPS) is 47.9. The van der Waals surface area contributed by atoms with E-state index in [1.165, 1.54) is 19.3 Å². The number of carboxylic acids is 1. The van der Waals surface area contributed by atoms with Crippen molar-refractivity contribution in [3.8, 4) is 0 Å². The van der Waals surface area contributed by atoms with Gasteiger partial charge in [-0.2, -0.15) is 0 Å². The van der Waals surface area contributed by atoms with E-state index in [2.05, 4.69) is 0 Å². The molecular weight excluding hydrogens is 286 g/mol. The highest BCUT2D eigenvalue weighted by atomic mass is 32.2. The highest BCUT2D eigenvalue weighted by molar-refractivity contribution is 8.00. The minimum absolute atomic E-state index is 0.00612. The fourth-order valence-electron chi connectivity index (χ4n) is 5.79. The van der Waals surface area contributed by atoms with Gasteiger partial charge < -0.3 is 10.0 Å². The second-order valence-corrected chi connectivity index (χ2v) is 9.05. The first-order valence-electron chi connectivity index (χ1n) is 8.16. The predicted molar refractivity (Wildman–Crippen MR) is 80.8 cm³/mol. The number of carboxylic acid groups (broad SMARTS) is 1. The molecule has 4 saturated carbocycles. The first-order chi connectivity index (χ1) is 9.98. The monoisotopic (exact) mass is 309 g/mol. The van der Waals surface area contributed by atoms with Crippen molar-refractivity contribution in [2.24, 2.45) is 23.2 Å². The molecule has 0 radical (unpaired) electrons. The van der Waals surface area contributed by atoms with Crippen LogP contribution in [0.4, 0.5) is 0 Å². The second-order valence-electron chi connectivity index (χ2n) is 7.70. The zero-order valence-corrected chi connectivity index (χ0v) is 13.3. The van der Waals surface area contributed by atoms with Gasteiger partial charge in [0, 0.05) is 5.75 Å². The number of carbonyl (C=O) groups excluding carboxylic acids is 1. The molecule has 2 unspecified atom stereocenters. The van der Waals surface area contributed by atoms with E-state index in [9.17, 15) is 14.7 Å². The molecule has 0 spiro atoms. The molecule has 4 aliphatic carbocycles. The lowest BCUT2D eigenvalue weighted by Crippen LogP contribution is -2.57. The molecule has 4 bridgehead atoms. The Bertz CT molecular complexity index is 457. The van der Waals surface area contributed by atoms with Crippen LogP contribution in [0.25, 0.3) is 0 Å². The Morgan fingerprint density at radius 2 is 1.62 bits per heavy atom. The number of rotatable bonds is 2. The van der Waals surface area contributed by atoms with E-state index in [1.807, 2.05) is 6.92 Å². The molecule has 1 aliphatic heterocycles. The number of thioether (sulfide) groups is 1. The van der Waals surface area contributed by atoms with Crippen molar-refractivity contribution >= 4 is 23.6 Å². The van der Waals surface area contributed by atoms with Crippen LogP contribution >= 0.6 is 11.8 Å². The number of aliphatic carboxylic acids is 1. The maximum absolute atomic E-state index is 13.3. The molecule has 5 fully saturated rings. The Balaban J connectivity index is 1.63. The van der Waals surface area contributed by atoms with Crippen LogP contribution in [0.5, 0.6) is 0 Å². The van der Waals surface area contributed by atoms with Gasteiger partial charge in [0.25, 0.3) is 0 Å². The molecule has 5 heteroatoms. The molecule has 1 saturated heterocycles. The summed E-state index contributed by atoms with van der Waals surface area (Å²) in [5.74, 6) is 2.00. The predicted octanol–water partition coefficient (Wildman–Crippen LogP) is 2.58. The van der Waals surface area contributed by atoms with E-state index in [0.29, 0.717) is 23.5 Å². The number of hydrogen-bond acceptors (Lipinski definition) is 3. The summed E-state index contributed by atoms with van der Waals surface area (Å²) < 4.78 is 0. The number of amides is 1. The van der Waals surface area contributed by atoms with E-state index in [1.54, 1.807) is 16.7 Å².